The number of ether oxygens (including phenoxy) is 2. The van der Waals surface area contributed by atoms with Gasteiger partial charge in [-0.25, -0.2) is 9.59 Å². The van der Waals surface area contributed by atoms with Gasteiger partial charge in [0.05, 0.1) is 12.1 Å². The largest absolute Gasteiger partial charge is 0.461 e. The predicted octanol–water partition coefficient (Wildman–Crippen LogP) is 2.36. The fraction of sp³-hybridized carbons (Fsp3) is 0.667. The molecule has 13 nitrogen and oxygen atoms in total. The van der Waals surface area contributed by atoms with E-state index in [-0.39, 0.29) is 49.4 Å². The number of hydrogen-bond donors (Lipinski definition) is 3. The number of aliphatic hydroxyl groups excluding tert-OH is 1. The van der Waals surface area contributed by atoms with Crippen molar-refractivity contribution < 1.29 is 29.3 Å². The summed E-state index contributed by atoms with van der Waals surface area (Å²) in [5.41, 5.74) is 5.98. The first-order valence-corrected chi connectivity index (χ1v) is 14.9. The highest BCUT2D eigenvalue weighted by Crippen LogP contribution is 2.67. The van der Waals surface area contributed by atoms with Crippen LogP contribution in [0.1, 0.15) is 64.2 Å². The first-order chi connectivity index (χ1) is 20.3. The number of azide groups is 1. The number of H-pyrrole nitrogens is 1. The van der Waals surface area contributed by atoms with Gasteiger partial charge in [-0.2, -0.15) is 0 Å². The molecular weight excluding hydrogens is 558 g/mol. The summed E-state index contributed by atoms with van der Waals surface area (Å²) in [6, 6.07) is -0.763. The van der Waals surface area contributed by atoms with Crippen LogP contribution in [0.5, 0.6) is 0 Å². The summed E-state index contributed by atoms with van der Waals surface area (Å²) >= 11 is 0. The number of carbonyl (C=O) groups is 2. The molecule has 43 heavy (non-hydrogen) atoms. The van der Waals surface area contributed by atoms with Crippen molar-refractivity contribution in [3.63, 3.8) is 0 Å². The molecule has 0 radical (unpaired) electrons. The lowest BCUT2D eigenvalue weighted by Gasteiger charge is -2.59. The Balaban J connectivity index is 1.19. The van der Waals surface area contributed by atoms with Gasteiger partial charge in [-0.1, -0.05) is 30.6 Å². The van der Waals surface area contributed by atoms with Crippen LogP contribution in [-0.4, -0.2) is 62.0 Å². The van der Waals surface area contributed by atoms with Gasteiger partial charge >= 0.3 is 11.7 Å². The Morgan fingerprint density at radius 1 is 1.30 bits per heavy atom. The van der Waals surface area contributed by atoms with Gasteiger partial charge < -0.3 is 19.7 Å². The Kier molecular flexibility index (Phi) is 7.08. The minimum Gasteiger partial charge on any atom is -0.461 e. The van der Waals surface area contributed by atoms with E-state index in [1.807, 2.05) is 13.0 Å². The lowest BCUT2D eigenvalue weighted by Crippen LogP contribution is -2.61. The molecule has 1 aromatic heterocycles. The van der Waals surface area contributed by atoms with Gasteiger partial charge in [-0.15, -0.1) is 0 Å². The van der Waals surface area contributed by atoms with Crippen LogP contribution in [0.3, 0.4) is 0 Å². The second kappa shape index (κ2) is 10.3. The molecular formula is C30H37N5O8. The Labute approximate surface area is 247 Å². The van der Waals surface area contributed by atoms with Crippen molar-refractivity contribution in [2.24, 2.45) is 33.7 Å². The molecule has 6 rings (SSSR count). The van der Waals surface area contributed by atoms with Crippen molar-refractivity contribution >= 4 is 11.8 Å². The zero-order valence-corrected chi connectivity index (χ0v) is 24.4. The van der Waals surface area contributed by atoms with Gasteiger partial charge in [-0.3, -0.25) is 19.1 Å². The van der Waals surface area contributed by atoms with Gasteiger partial charge in [0.1, 0.15) is 18.9 Å². The quantitative estimate of drug-likeness (QED) is 0.199. The standard InChI is InChI=1S/C30H37N5O8/c1-15-13-35(27(40)32-25(15)38)23-11-20(33-34-31)22(43-23)14-42-26(39)30(41)9-7-19-18-5-4-16-10-17(36)6-8-28(16,2)24(18)21(37)12-29(19,30)3/h6,8,10,13,18-24,37,41H,4-5,7,9,11-12,14H2,1-3H3,(H,32,38,40)/t18?,19?,20-,21?,22+,23+,24?,28?,29?,30-/m0/s1. The number of nitrogens with one attached hydrogen (secondary N) is 1. The van der Waals surface area contributed by atoms with E-state index >= 15 is 0 Å². The second-order valence-electron chi connectivity index (χ2n) is 13.3. The molecule has 6 unspecified atom stereocenters. The number of hydrogen-bond acceptors (Lipinski definition) is 9. The molecule has 3 N–H and O–H groups in total. The average Bonchev–Trinajstić information content (AvgIpc) is 3.47. The fourth-order valence-electron chi connectivity index (χ4n) is 8.97. The maximum Gasteiger partial charge on any atom is 0.338 e. The van der Waals surface area contributed by atoms with Gasteiger partial charge in [0.15, 0.2) is 11.4 Å². The van der Waals surface area contributed by atoms with E-state index in [9.17, 15) is 29.4 Å². The third-order valence-corrected chi connectivity index (χ3v) is 11.2. The van der Waals surface area contributed by atoms with Gasteiger partial charge in [0.2, 0.25) is 0 Å². The Morgan fingerprint density at radius 3 is 2.81 bits per heavy atom. The normalized spacial score (nSPS) is 41.5. The van der Waals surface area contributed by atoms with Crippen LogP contribution in [0.25, 0.3) is 10.4 Å². The molecule has 1 aromatic rings. The highest BCUT2D eigenvalue weighted by molar-refractivity contribution is 6.01. The van der Waals surface area contributed by atoms with Crippen molar-refractivity contribution in [3.8, 4) is 0 Å². The summed E-state index contributed by atoms with van der Waals surface area (Å²) in [5.74, 6) is -0.997. The number of fused-ring (bicyclic) bond motifs is 5. The van der Waals surface area contributed by atoms with Crippen LogP contribution in [0.2, 0.25) is 0 Å². The van der Waals surface area contributed by atoms with Crippen molar-refractivity contribution in [3.05, 3.63) is 66.8 Å². The number of aryl methyl sites for hydroxylation is 1. The van der Waals surface area contributed by atoms with Crippen LogP contribution < -0.4 is 11.2 Å². The van der Waals surface area contributed by atoms with E-state index in [4.69, 9.17) is 15.0 Å². The minimum atomic E-state index is -1.85. The summed E-state index contributed by atoms with van der Waals surface area (Å²) in [6.45, 7) is 5.15. The molecule has 2 heterocycles. The molecule has 4 aliphatic carbocycles. The molecule has 5 aliphatic rings. The van der Waals surface area contributed by atoms with Crippen LogP contribution in [0, 0.1) is 35.5 Å². The molecule has 1 aliphatic heterocycles. The highest BCUT2D eigenvalue weighted by Gasteiger charge is 2.69. The molecule has 13 heteroatoms. The van der Waals surface area contributed by atoms with Crippen LogP contribution in [0.4, 0.5) is 0 Å². The monoisotopic (exact) mass is 595 g/mol. The average molecular weight is 596 g/mol. The van der Waals surface area contributed by atoms with Crippen molar-refractivity contribution in [1.82, 2.24) is 9.55 Å². The van der Waals surface area contributed by atoms with E-state index in [0.717, 1.165) is 18.4 Å². The van der Waals surface area contributed by atoms with Crippen molar-refractivity contribution in [2.75, 3.05) is 6.61 Å². The molecule has 0 spiro atoms. The van der Waals surface area contributed by atoms with Crippen LogP contribution >= 0.6 is 0 Å². The summed E-state index contributed by atoms with van der Waals surface area (Å²) in [7, 11) is 0. The summed E-state index contributed by atoms with van der Waals surface area (Å²) < 4.78 is 12.8. The van der Waals surface area contributed by atoms with E-state index in [1.165, 1.54) is 10.8 Å². The summed E-state index contributed by atoms with van der Waals surface area (Å²) in [5, 5.41) is 27.3. The second-order valence-corrected chi connectivity index (χ2v) is 13.3. The molecule has 10 atom stereocenters. The number of nitrogens with zero attached hydrogens (tertiary/aromatic N) is 4. The topological polar surface area (TPSA) is 197 Å². The Bertz CT molecular complexity index is 1590. The van der Waals surface area contributed by atoms with Gasteiger partial charge in [0.25, 0.3) is 5.56 Å². The summed E-state index contributed by atoms with van der Waals surface area (Å²) in [6.07, 6.45) is 6.55. The van der Waals surface area contributed by atoms with E-state index in [2.05, 4.69) is 21.9 Å². The number of aliphatic hydroxyl groups is 2. The summed E-state index contributed by atoms with van der Waals surface area (Å²) in [4.78, 5) is 55.0. The molecule has 230 valence electrons. The number of rotatable bonds is 5. The molecule has 0 bridgehead atoms. The fourth-order valence-corrected chi connectivity index (χ4v) is 8.97. The molecule has 0 amide bonds. The van der Waals surface area contributed by atoms with Crippen molar-refractivity contribution in [1.29, 1.82) is 0 Å². The first-order valence-electron chi connectivity index (χ1n) is 14.9. The third-order valence-electron chi connectivity index (χ3n) is 11.2. The SMILES string of the molecule is Cc1cn([C@H]2C[C@H](N=[N+]=[N-])[C@@H](COC(=O)[C@@]3(O)CCC4C5CCC6=CC(=O)C=CC6(C)C5C(O)CC43C)O2)c(=O)[nH]c1=O. The van der Waals surface area contributed by atoms with Crippen LogP contribution in [-0.2, 0) is 19.1 Å². The number of ketones is 1. The molecule has 4 fully saturated rings. The number of aromatic nitrogens is 2. The Morgan fingerprint density at radius 2 is 2.07 bits per heavy atom. The van der Waals surface area contributed by atoms with Crippen LogP contribution in [0.15, 0.2) is 44.7 Å². The molecule has 3 saturated carbocycles. The lowest BCUT2D eigenvalue weighted by atomic mass is 9.46. The van der Waals surface area contributed by atoms with Gasteiger partial charge in [-0.05, 0) is 68.5 Å². The third kappa shape index (κ3) is 4.44. The maximum atomic E-state index is 13.7. The number of esters is 1. The molecule has 1 saturated heterocycles. The minimum absolute atomic E-state index is 0.0405. The van der Waals surface area contributed by atoms with E-state index in [1.54, 1.807) is 19.1 Å². The zero-order valence-electron chi connectivity index (χ0n) is 24.4. The predicted molar refractivity (Wildman–Crippen MR) is 151 cm³/mol. The van der Waals surface area contributed by atoms with E-state index < -0.39 is 58.1 Å². The van der Waals surface area contributed by atoms with Gasteiger partial charge in [0, 0.05) is 39.8 Å². The Hall–Kier alpha value is -3.51. The smallest absolute Gasteiger partial charge is 0.338 e. The number of allylic oxidation sites excluding steroid dienone is 4. The maximum absolute atomic E-state index is 13.7. The number of aromatic amines is 1. The van der Waals surface area contributed by atoms with E-state index in [0.29, 0.717) is 12.0 Å². The lowest BCUT2D eigenvalue weighted by molar-refractivity contribution is -0.200. The highest BCUT2D eigenvalue weighted by atomic mass is 16.6. The number of carbonyl (C=O) groups excluding carboxylic acids is 2. The molecule has 0 aromatic carbocycles. The van der Waals surface area contributed by atoms with Crippen molar-refractivity contribution in [2.45, 2.75) is 89.4 Å². The zero-order chi connectivity index (χ0) is 30.9. The first kappa shape index (κ1) is 29.6.